The van der Waals surface area contributed by atoms with Crippen LogP contribution in [-0.4, -0.2) is 17.4 Å². The first-order valence-corrected chi connectivity index (χ1v) is 0. The normalized spacial score (nSPS) is 0. The Morgan fingerprint density at radius 3 is 0.375 bits per heavy atom. The van der Waals surface area contributed by atoms with Crippen molar-refractivity contribution < 1.29 is 28.2 Å². The summed E-state index contributed by atoms with van der Waals surface area (Å²) < 4.78 is 0. The molecule has 0 saturated heterocycles. The average molecular weight is 172 g/mol. The minimum absolute atomic E-state index is 0. The quantitative estimate of drug-likeness (QED) is 0.193. The molecule has 50 valence electrons. The van der Waals surface area contributed by atoms with Crippen LogP contribution in [0.2, 0.25) is 0 Å². The van der Waals surface area contributed by atoms with Gasteiger partial charge in [0, 0.05) is 0 Å². The molecule has 0 heterocycles. The van der Waals surface area contributed by atoms with Crippen LogP contribution in [0, 0.1) is 0 Å². The second kappa shape index (κ2) is 1100. The van der Waals surface area contributed by atoms with E-state index in [0.717, 1.165) is 0 Å². The molecule has 0 atom stereocenters. The second-order valence-corrected chi connectivity index (χ2v) is 0. The summed E-state index contributed by atoms with van der Waals surface area (Å²) in [4.78, 5) is 0. The zero-order valence-electron chi connectivity index (χ0n) is 3.29. The van der Waals surface area contributed by atoms with E-state index in [0.29, 0.717) is 0 Å². The smallest absolute Gasteiger partial charge is 1.00 e. The van der Waals surface area contributed by atoms with Gasteiger partial charge in [-0.15, -0.1) is 0 Å². The molecule has 0 N–H and O–H groups in total. The van der Waals surface area contributed by atoms with Crippen molar-refractivity contribution in [3.8, 4) is 0 Å². The Morgan fingerprint density at radius 2 is 0.375 bits per heavy atom. The number of halogens is 6. The van der Waals surface area contributed by atoms with Gasteiger partial charge in [0.15, 0.2) is 0 Å². The van der Waals surface area contributed by atoms with E-state index in [-0.39, 0.29) is 55.5 Å². The van der Waals surface area contributed by atoms with E-state index in [1.54, 1.807) is 0 Å². The molecule has 0 aliphatic heterocycles. The predicted molar refractivity (Wildman–Crippen MR) is 12.7 cm³/mol. The van der Waals surface area contributed by atoms with E-state index in [9.17, 15) is 0 Å². The molecule has 0 amide bonds. The van der Waals surface area contributed by atoms with Crippen LogP contribution in [0.1, 0.15) is 0 Å². The Kier molecular flexibility index (Phi) is 226000. The van der Waals surface area contributed by atoms with E-state index in [2.05, 4.69) is 0 Å². The first-order chi connectivity index (χ1) is 0. The van der Waals surface area contributed by atoms with Gasteiger partial charge in [0.1, 0.15) is 0 Å². The predicted octanol–water partition coefficient (Wildman–Crippen LogP) is -17.5. The maximum Gasteiger partial charge on any atom is 3.00 e. The van der Waals surface area contributed by atoms with Gasteiger partial charge in [0.25, 0.3) is 0 Å². The van der Waals surface area contributed by atoms with Crippen molar-refractivity contribution in [1.82, 2.24) is 0 Å². The van der Waals surface area contributed by atoms with E-state index < -0.39 is 0 Å². The van der Waals surface area contributed by atoms with Crippen molar-refractivity contribution in [1.29, 1.82) is 0 Å². The van der Waals surface area contributed by atoms with Crippen LogP contribution in [0.25, 0.3) is 0 Å². The SMILES string of the molecule is [Al+3].[F-].[F-].[F-].[F-].[F-].[F-].[P+3]. The summed E-state index contributed by atoms with van der Waals surface area (Å²) in [7, 11) is 0. The first kappa shape index (κ1) is 1650. The maximum absolute atomic E-state index is 0. The summed E-state index contributed by atoms with van der Waals surface area (Å²) in [6.07, 6.45) is 0. The fourth-order valence-electron chi connectivity index (χ4n) is 0. The Labute approximate surface area is 56.4 Å². The van der Waals surface area contributed by atoms with Gasteiger partial charge in [0.05, 0.1) is 0 Å². The van der Waals surface area contributed by atoms with Gasteiger partial charge in [0.2, 0.25) is 0 Å². The van der Waals surface area contributed by atoms with Gasteiger partial charge in [-0.3, -0.25) is 0 Å². The third kappa shape index (κ3) is 683. The van der Waals surface area contributed by atoms with Crippen LogP contribution in [0.5, 0.6) is 0 Å². The second-order valence-electron chi connectivity index (χ2n) is 0. The fraction of sp³-hybridized carbons (Fsp3) is 0. The van der Waals surface area contributed by atoms with Crippen LogP contribution < -0.4 is 28.2 Å². The molecule has 0 aromatic carbocycles. The molecule has 0 aromatic heterocycles. The van der Waals surface area contributed by atoms with E-state index in [1.165, 1.54) is 0 Å². The molecule has 0 bridgehead atoms. The molecule has 0 aliphatic carbocycles. The summed E-state index contributed by atoms with van der Waals surface area (Å²) in [5.41, 5.74) is 0. The number of rotatable bonds is 0. The number of hydrogen-bond acceptors (Lipinski definition) is 0. The maximum atomic E-state index is 0. The van der Waals surface area contributed by atoms with Gasteiger partial charge in [-0.2, -0.15) is 0 Å². The molecule has 8 heteroatoms. The molecule has 0 spiro atoms. The average Bonchev–Trinajstić information content (AvgIpc) is 0. The molecule has 0 aliphatic rings. The molecule has 0 unspecified atom stereocenters. The van der Waals surface area contributed by atoms with Crippen molar-refractivity contribution in [2.24, 2.45) is 0 Å². The van der Waals surface area contributed by atoms with E-state index >= 15 is 0 Å². The summed E-state index contributed by atoms with van der Waals surface area (Å²) >= 11 is 0. The zero-order chi connectivity index (χ0) is 0. The van der Waals surface area contributed by atoms with Crippen LogP contribution in [0.15, 0.2) is 0 Å². The standard InChI is InChI=1S/Al.6FH.P/h;6*1H;/q+3;;;;;;;+3/p-6. The summed E-state index contributed by atoms with van der Waals surface area (Å²) in [6.45, 7) is 0. The largest absolute Gasteiger partial charge is 3.00 e. The molecule has 8 heavy (non-hydrogen) atoms. The van der Waals surface area contributed by atoms with Crippen molar-refractivity contribution in [2.45, 2.75) is 0 Å². The first-order valence-electron chi connectivity index (χ1n) is 0. The van der Waals surface area contributed by atoms with Crippen LogP contribution >= 0.6 is 9.90 Å². The van der Waals surface area contributed by atoms with Gasteiger partial charge in [-0.1, -0.05) is 0 Å². The van der Waals surface area contributed by atoms with Crippen molar-refractivity contribution >= 4 is 27.3 Å². The molecule has 0 saturated carbocycles. The minimum atomic E-state index is 0. The Morgan fingerprint density at radius 1 is 0.375 bits per heavy atom. The summed E-state index contributed by atoms with van der Waals surface area (Å²) in [5.74, 6) is 0. The van der Waals surface area contributed by atoms with E-state index in [4.69, 9.17) is 0 Å². The topological polar surface area (TPSA) is 0 Å². The van der Waals surface area contributed by atoms with Crippen molar-refractivity contribution in [3.05, 3.63) is 0 Å². The Hall–Kier alpha value is 0.542. The van der Waals surface area contributed by atoms with Gasteiger partial charge < -0.3 is 28.2 Å². The van der Waals surface area contributed by atoms with Gasteiger partial charge in [-0.25, -0.2) is 0 Å². The Bertz CT molecular complexity index is 8.49. The molecular formula is AlF6P. The minimum Gasteiger partial charge on any atom is -1.00 e. The molecule has 0 fully saturated rings. The molecule has 0 nitrogen and oxygen atoms in total. The monoisotopic (exact) mass is 172 g/mol. The zero-order valence-corrected chi connectivity index (χ0v) is 5.34. The third-order valence-electron chi connectivity index (χ3n) is 0. The van der Waals surface area contributed by atoms with Gasteiger partial charge in [-0.05, 0) is 0 Å². The summed E-state index contributed by atoms with van der Waals surface area (Å²) in [6, 6.07) is 0. The summed E-state index contributed by atoms with van der Waals surface area (Å²) in [5, 5.41) is 0. The molecular weight excluding hydrogens is 172 g/mol. The van der Waals surface area contributed by atoms with Crippen LogP contribution in [0.4, 0.5) is 0 Å². The van der Waals surface area contributed by atoms with E-state index in [1.807, 2.05) is 0 Å². The molecule has 0 aromatic rings. The van der Waals surface area contributed by atoms with Crippen molar-refractivity contribution in [3.63, 3.8) is 0 Å². The molecule has 0 rings (SSSR count). The van der Waals surface area contributed by atoms with Crippen LogP contribution in [-0.2, 0) is 0 Å². The fourth-order valence-corrected chi connectivity index (χ4v) is 0. The Balaban J connectivity index is 0. The van der Waals surface area contributed by atoms with Crippen LogP contribution in [0.3, 0.4) is 0 Å². The third-order valence-corrected chi connectivity index (χ3v) is 0. The number of hydrogen-bond donors (Lipinski definition) is 0. The van der Waals surface area contributed by atoms with Gasteiger partial charge >= 0.3 is 27.3 Å². The van der Waals surface area contributed by atoms with Crippen molar-refractivity contribution in [2.75, 3.05) is 0 Å². The molecule has 2 radical (unpaired) electrons.